The Morgan fingerprint density at radius 3 is 1.65 bits per heavy atom. The van der Waals surface area contributed by atoms with Gasteiger partial charge in [-0.15, -0.1) is 0 Å². The van der Waals surface area contributed by atoms with Crippen LogP contribution in [-0.2, 0) is 13.1 Å². The summed E-state index contributed by atoms with van der Waals surface area (Å²) in [5, 5.41) is 8.30. The van der Waals surface area contributed by atoms with Crippen molar-refractivity contribution in [3.63, 3.8) is 0 Å². The average Bonchev–Trinajstić information content (AvgIpc) is 3.00. The third-order valence-corrected chi connectivity index (χ3v) is 7.63. The Hall–Kier alpha value is -3.09. The largest absolute Gasteiger partial charge is 0.355 e. The topological polar surface area (TPSA) is 41.1 Å². The number of anilines is 1. The van der Waals surface area contributed by atoms with Crippen LogP contribution in [0, 0.1) is 0 Å². The van der Waals surface area contributed by atoms with Gasteiger partial charge in [0.2, 0.25) is 0 Å². The molecule has 2 aromatic heterocycles. The highest BCUT2D eigenvalue weighted by atomic mass is 35.5. The summed E-state index contributed by atoms with van der Waals surface area (Å²) < 4.78 is 0. The third kappa shape index (κ3) is 9.70. The first kappa shape index (κ1) is 32.8. The number of para-hydroxylation sites is 2. The molecule has 1 N–H and O–H groups in total. The summed E-state index contributed by atoms with van der Waals surface area (Å²) in [6.07, 6.45) is 0. The maximum Gasteiger partial charge on any atom is 0.131 e. The predicted octanol–water partition coefficient (Wildman–Crippen LogP) is 10.8. The maximum absolute atomic E-state index is 6.35. The quantitative estimate of drug-likeness (QED) is 0.185. The van der Waals surface area contributed by atoms with Crippen LogP contribution in [0.15, 0.2) is 109 Å². The van der Waals surface area contributed by atoms with Crippen molar-refractivity contribution >= 4 is 85.6 Å². The van der Waals surface area contributed by atoms with Crippen LogP contribution in [0.2, 0.25) is 25.2 Å². The zero-order valence-corrected chi connectivity index (χ0v) is 27.3. The number of pyridine rings is 2. The molecular weight excluding hydrogens is 642 g/mol. The number of halogens is 5. The minimum atomic E-state index is 0.429. The lowest BCUT2D eigenvalue weighted by molar-refractivity contribution is 0.818. The number of hydrogen-bond acceptors (Lipinski definition) is 4. The van der Waals surface area contributed by atoms with E-state index in [1.807, 2.05) is 117 Å². The van der Waals surface area contributed by atoms with Crippen molar-refractivity contribution < 1.29 is 0 Å². The summed E-state index contributed by atoms with van der Waals surface area (Å²) in [5.74, 6) is 0.855. The van der Waals surface area contributed by atoms with Crippen molar-refractivity contribution in [1.29, 1.82) is 0 Å². The highest BCUT2D eigenvalue weighted by molar-refractivity contribution is 6.37. The van der Waals surface area contributed by atoms with Gasteiger partial charge in [0.05, 0.1) is 21.1 Å². The molecule has 0 fully saturated rings. The molecule has 0 bridgehead atoms. The zero-order chi connectivity index (χ0) is 30.8. The molecule has 9 heteroatoms. The minimum Gasteiger partial charge on any atom is -0.355 e. The zero-order valence-electron chi connectivity index (χ0n) is 23.5. The molecule has 4 nitrogen and oxygen atoms in total. The second kappa shape index (κ2) is 16.1. The molecule has 0 saturated carbocycles. The van der Waals surface area contributed by atoms with Crippen LogP contribution in [0.4, 0.5) is 5.82 Å². The van der Waals surface area contributed by atoms with E-state index < -0.39 is 0 Å². The lowest BCUT2D eigenvalue weighted by Gasteiger charge is -2.19. The summed E-state index contributed by atoms with van der Waals surface area (Å²) in [7, 11) is 3.93. The van der Waals surface area contributed by atoms with Gasteiger partial charge in [0, 0.05) is 41.0 Å². The average molecular weight is 671 g/mol. The van der Waals surface area contributed by atoms with Crippen molar-refractivity contribution in [1.82, 2.24) is 15.3 Å². The Morgan fingerprint density at radius 1 is 0.605 bits per heavy atom. The molecule has 0 atom stereocenters. The molecule has 0 aliphatic heterocycles. The van der Waals surface area contributed by atoms with Crippen LogP contribution >= 0.6 is 58.0 Å². The van der Waals surface area contributed by atoms with Gasteiger partial charge >= 0.3 is 0 Å². The molecule has 2 heterocycles. The molecule has 4 aromatic carbocycles. The normalized spacial score (nSPS) is 10.5. The number of hydrogen-bond donors (Lipinski definition) is 1. The fraction of sp³-hybridized carbons (Fsp3) is 0.118. The van der Waals surface area contributed by atoms with Crippen molar-refractivity contribution in [2.75, 3.05) is 19.0 Å². The number of nitrogens with one attached hydrogen (secondary N) is 1. The van der Waals surface area contributed by atoms with E-state index in [4.69, 9.17) is 58.0 Å². The number of benzene rings is 4. The fourth-order valence-corrected chi connectivity index (χ4v) is 5.20. The minimum absolute atomic E-state index is 0.429. The summed E-state index contributed by atoms with van der Waals surface area (Å²) in [6.45, 7) is 1.65. The second-order valence-corrected chi connectivity index (χ2v) is 11.6. The Bertz CT molecular complexity index is 1780. The highest BCUT2D eigenvalue weighted by Gasteiger charge is 2.08. The first-order valence-corrected chi connectivity index (χ1v) is 15.2. The Labute approximate surface area is 277 Å². The molecule has 220 valence electrons. The first-order valence-electron chi connectivity index (χ1n) is 13.3. The maximum atomic E-state index is 6.35. The van der Waals surface area contributed by atoms with Gasteiger partial charge in [0.15, 0.2) is 0 Å². The van der Waals surface area contributed by atoms with Gasteiger partial charge in [0.25, 0.3) is 0 Å². The van der Waals surface area contributed by atoms with Crippen molar-refractivity contribution in [3.05, 3.63) is 146 Å². The Balaban J connectivity index is 0.000000163. The van der Waals surface area contributed by atoms with E-state index in [2.05, 4.69) is 20.2 Å². The SMILES string of the molecule is CN(Cc1ccc(Cl)cc1)c1cc(Cl)c2ccccc2n1.CNCc1ccc(Cl)cc1.Clc1cc(Cl)c2ccccc2n1. The van der Waals surface area contributed by atoms with Crippen LogP contribution in [0.1, 0.15) is 11.1 Å². The van der Waals surface area contributed by atoms with Crippen molar-refractivity contribution in [3.8, 4) is 0 Å². The van der Waals surface area contributed by atoms with Gasteiger partial charge in [-0.05, 0) is 66.7 Å². The Morgan fingerprint density at radius 2 is 1.09 bits per heavy atom. The second-order valence-electron chi connectivity index (χ2n) is 9.56. The molecule has 0 amide bonds. The van der Waals surface area contributed by atoms with Crippen LogP contribution < -0.4 is 10.2 Å². The standard InChI is InChI=1S/C17H14Cl2N2.C9H5Cl2N.C8H10ClN/c1-21(11-12-6-8-13(18)9-7-12)17-10-15(19)14-4-2-3-5-16(14)20-17;10-7-5-9(11)12-8-4-2-1-3-6(7)8;1-10-6-7-2-4-8(9)5-3-7/h2-10H,11H2,1H3;1-5H;2-5,10H,6H2,1H3. The summed E-state index contributed by atoms with van der Waals surface area (Å²) in [4.78, 5) is 10.9. The molecule has 0 aliphatic carbocycles. The first-order chi connectivity index (χ1) is 20.7. The van der Waals surface area contributed by atoms with Crippen molar-refractivity contribution in [2.45, 2.75) is 13.1 Å². The highest BCUT2D eigenvalue weighted by Crippen LogP contribution is 2.27. The van der Waals surface area contributed by atoms with Crippen LogP contribution in [0.25, 0.3) is 21.8 Å². The fourth-order valence-electron chi connectivity index (χ4n) is 4.17. The van der Waals surface area contributed by atoms with E-state index in [-0.39, 0.29) is 0 Å². The van der Waals surface area contributed by atoms with Gasteiger partial charge in [-0.25, -0.2) is 9.97 Å². The monoisotopic (exact) mass is 668 g/mol. The van der Waals surface area contributed by atoms with E-state index in [1.165, 1.54) is 11.1 Å². The number of fused-ring (bicyclic) bond motifs is 2. The molecule has 6 rings (SSSR count). The summed E-state index contributed by atoms with van der Waals surface area (Å²) in [5.41, 5.74) is 4.16. The molecule has 0 aliphatic rings. The smallest absolute Gasteiger partial charge is 0.131 e. The molecule has 0 spiro atoms. The van der Waals surface area contributed by atoms with E-state index in [0.717, 1.165) is 55.8 Å². The summed E-state index contributed by atoms with van der Waals surface area (Å²) >= 11 is 29.6. The third-order valence-electron chi connectivity index (χ3n) is 6.30. The molecule has 43 heavy (non-hydrogen) atoms. The van der Waals surface area contributed by atoms with Gasteiger partial charge in [-0.1, -0.05) is 119 Å². The van der Waals surface area contributed by atoms with Gasteiger partial charge in [0.1, 0.15) is 11.0 Å². The van der Waals surface area contributed by atoms with Crippen LogP contribution in [0.5, 0.6) is 0 Å². The lowest BCUT2D eigenvalue weighted by Crippen LogP contribution is -2.17. The predicted molar refractivity (Wildman–Crippen MR) is 186 cm³/mol. The lowest BCUT2D eigenvalue weighted by atomic mass is 10.2. The van der Waals surface area contributed by atoms with Gasteiger partial charge in [-0.2, -0.15) is 0 Å². The van der Waals surface area contributed by atoms with Crippen molar-refractivity contribution in [2.24, 2.45) is 0 Å². The molecular formula is C34H29Cl5N4. The van der Waals surface area contributed by atoms with E-state index in [0.29, 0.717) is 10.2 Å². The van der Waals surface area contributed by atoms with E-state index in [1.54, 1.807) is 6.07 Å². The van der Waals surface area contributed by atoms with E-state index in [9.17, 15) is 0 Å². The van der Waals surface area contributed by atoms with Gasteiger partial charge < -0.3 is 10.2 Å². The summed E-state index contributed by atoms with van der Waals surface area (Å²) in [6, 6.07) is 34.7. The molecule has 6 aromatic rings. The van der Waals surface area contributed by atoms with E-state index >= 15 is 0 Å². The van der Waals surface area contributed by atoms with Crippen LogP contribution in [-0.4, -0.2) is 24.1 Å². The van der Waals surface area contributed by atoms with Gasteiger partial charge in [-0.3, -0.25) is 0 Å². The number of aromatic nitrogens is 2. The molecule has 0 radical (unpaired) electrons. The number of nitrogens with zero attached hydrogens (tertiary/aromatic N) is 3. The molecule has 0 unspecified atom stereocenters. The Kier molecular flexibility index (Phi) is 12.3. The van der Waals surface area contributed by atoms with Crippen LogP contribution in [0.3, 0.4) is 0 Å². The molecule has 0 saturated heterocycles. The number of rotatable bonds is 5.